The van der Waals surface area contributed by atoms with Gasteiger partial charge in [-0.05, 0) is 19.1 Å². The van der Waals surface area contributed by atoms with E-state index in [1.54, 1.807) is 6.20 Å². The number of hydrogen-bond acceptors (Lipinski definition) is 3. The van der Waals surface area contributed by atoms with Crippen molar-refractivity contribution in [3.05, 3.63) is 30.5 Å². The van der Waals surface area contributed by atoms with Gasteiger partial charge in [0.25, 0.3) is 0 Å². The van der Waals surface area contributed by atoms with Crippen LogP contribution in [0.25, 0.3) is 11.3 Å². The number of benzene rings is 1. The Labute approximate surface area is 88.1 Å². The summed E-state index contributed by atoms with van der Waals surface area (Å²) in [4.78, 5) is 0. The summed E-state index contributed by atoms with van der Waals surface area (Å²) in [6.45, 7) is 2.58. The summed E-state index contributed by atoms with van der Waals surface area (Å²) in [5, 5.41) is 6.76. The zero-order valence-corrected chi connectivity index (χ0v) is 8.53. The molecule has 2 aromatic rings. The normalized spacial score (nSPS) is 10.2. The van der Waals surface area contributed by atoms with Crippen LogP contribution in [0.2, 0.25) is 0 Å². The van der Waals surface area contributed by atoms with E-state index >= 15 is 0 Å². The van der Waals surface area contributed by atoms with Crippen LogP contribution < -0.4 is 10.5 Å². The Hall–Kier alpha value is -1.97. The largest absolute Gasteiger partial charge is 0.493 e. The van der Waals surface area contributed by atoms with Crippen LogP contribution in [0.15, 0.2) is 30.5 Å². The monoisotopic (exact) mass is 203 g/mol. The number of nitrogens with one attached hydrogen (secondary N) is 1. The fraction of sp³-hybridized carbons (Fsp3) is 0.182. The van der Waals surface area contributed by atoms with Crippen molar-refractivity contribution < 1.29 is 4.74 Å². The number of aromatic amines is 1. The zero-order chi connectivity index (χ0) is 10.7. The maximum atomic E-state index is 5.79. The Morgan fingerprint density at radius 3 is 2.87 bits per heavy atom. The van der Waals surface area contributed by atoms with Gasteiger partial charge in [-0.3, -0.25) is 5.10 Å². The summed E-state index contributed by atoms with van der Waals surface area (Å²) < 4.78 is 5.51. The molecule has 0 bridgehead atoms. The molecule has 15 heavy (non-hydrogen) atoms. The van der Waals surface area contributed by atoms with E-state index in [2.05, 4.69) is 10.2 Å². The van der Waals surface area contributed by atoms with Gasteiger partial charge < -0.3 is 10.5 Å². The highest BCUT2D eigenvalue weighted by Crippen LogP contribution is 2.31. The summed E-state index contributed by atoms with van der Waals surface area (Å²) >= 11 is 0. The molecule has 2 rings (SSSR count). The molecule has 3 N–H and O–H groups in total. The van der Waals surface area contributed by atoms with Crippen molar-refractivity contribution in [2.24, 2.45) is 0 Å². The molecule has 78 valence electrons. The average molecular weight is 203 g/mol. The minimum atomic E-state index is 0.627. The first-order chi connectivity index (χ1) is 7.33. The Bertz CT molecular complexity index is 451. The van der Waals surface area contributed by atoms with Crippen LogP contribution in [0.1, 0.15) is 6.92 Å². The third-order valence-corrected chi connectivity index (χ3v) is 2.12. The number of H-pyrrole nitrogens is 1. The van der Waals surface area contributed by atoms with Crippen LogP contribution in [0.3, 0.4) is 0 Å². The van der Waals surface area contributed by atoms with Crippen molar-refractivity contribution in [2.75, 3.05) is 12.3 Å². The predicted molar refractivity (Wildman–Crippen MR) is 59.6 cm³/mol. The van der Waals surface area contributed by atoms with E-state index in [1.807, 2.05) is 31.2 Å². The molecule has 0 aliphatic rings. The number of nitrogens with zero attached hydrogens (tertiary/aromatic N) is 1. The first-order valence-corrected chi connectivity index (χ1v) is 4.84. The second-order valence-electron chi connectivity index (χ2n) is 3.13. The van der Waals surface area contributed by atoms with E-state index in [9.17, 15) is 0 Å². The summed E-state index contributed by atoms with van der Waals surface area (Å²) in [6, 6.07) is 7.74. The maximum absolute atomic E-state index is 5.79. The Balaban J connectivity index is 2.48. The van der Waals surface area contributed by atoms with Gasteiger partial charge in [0.05, 0.1) is 24.2 Å². The first kappa shape index (κ1) is 9.58. The van der Waals surface area contributed by atoms with Gasteiger partial charge in [0.2, 0.25) is 0 Å². The number of nitrogens with two attached hydrogens (primary N) is 1. The van der Waals surface area contributed by atoms with E-state index in [-0.39, 0.29) is 0 Å². The summed E-state index contributed by atoms with van der Waals surface area (Å²) in [6.07, 6.45) is 1.60. The van der Waals surface area contributed by atoms with Crippen molar-refractivity contribution in [2.45, 2.75) is 6.92 Å². The molecule has 0 aliphatic carbocycles. The minimum absolute atomic E-state index is 0.627. The Morgan fingerprint density at radius 1 is 1.40 bits per heavy atom. The van der Waals surface area contributed by atoms with Gasteiger partial charge in [0.1, 0.15) is 5.75 Å². The number of ether oxygens (including phenoxy) is 1. The minimum Gasteiger partial charge on any atom is -0.493 e. The average Bonchev–Trinajstić information content (AvgIpc) is 2.66. The van der Waals surface area contributed by atoms with E-state index in [4.69, 9.17) is 10.5 Å². The number of aromatic nitrogens is 2. The molecule has 0 saturated heterocycles. The van der Waals surface area contributed by atoms with Crippen LogP contribution >= 0.6 is 0 Å². The fourth-order valence-corrected chi connectivity index (χ4v) is 1.47. The molecule has 0 amide bonds. The summed E-state index contributed by atoms with van der Waals surface area (Å²) in [5.41, 5.74) is 8.16. The van der Waals surface area contributed by atoms with Gasteiger partial charge in [-0.25, -0.2) is 0 Å². The molecule has 0 unspecified atom stereocenters. The van der Waals surface area contributed by atoms with E-state index in [0.717, 1.165) is 17.0 Å². The molecular formula is C11H13N3O. The summed E-state index contributed by atoms with van der Waals surface area (Å²) in [7, 11) is 0. The fourth-order valence-electron chi connectivity index (χ4n) is 1.47. The standard InChI is InChI=1S/C11H13N3O/c1-2-15-10-6-4-3-5-8(10)11-9(12)7-13-14-11/h3-7H,2,12H2,1H3,(H,13,14). The van der Waals surface area contributed by atoms with Gasteiger partial charge in [0.15, 0.2) is 0 Å². The quantitative estimate of drug-likeness (QED) is 0.802. The third kappa shape index (κ3) is 1.79. The molecular weight excluding hydrogens is 190 g/mol. The van der Waals surface area contributed by atoms with Gasteiger partial charge in [0, 0.05) is 5.56 Å². The predicted octanol–water partition coefficient (Wildman–Crippen LogP) is 2.06. The lowest BCUT2D eigenvalue weighted by Gasteiger charge is -2.08. The van der Waals surface area contributed by atoms with Gasteiger partial charge in [-0.1, -0.05) is 12.1 Å². The molecule has 4 nitrogen and oxygen atoms in total. The number of hydrogen-bond donors (Lipinski definition) is 2. The summed E-state index contributed by atoms with van der Waals surface area (Å²) in [5.74, 6) is 0.816. The van der Waals surface area contributed by atoms with Crippen molar-refractivity contribution in [1.29, 1.82) is 0 Å². The van der Waals surface area contributed by atoms with Crippen molar-refractivity contribution in [3.8, 4) is 17.0 Å². The third-order valence-electron chi connectivity index (χ3n) is 2.12. The van der Waals surface area contributed by atoms with Crippen LogP contribution in [0.4, 0.5) is 5.69 Å². The van der Waals surface area contributed by atoms with Crippen molar-refractivity contribution in [1.82, 2.24) is 10.2 Å². The topological polar surface area (TPSA) is 63.9 Å². The lowest BCUT2D eigenvalue weighted by atomic mass is 10.1. The molecule has 0 radical (unpaired) electrons. The van der Waals surface area contributed by atoms with Gasteiger partial charge >= 0.3 is 0 Å². The lowest BCUT2D eigenvalue weighted by molar-refractivity contribution is 0.341. The highest BCUT2D eigenvalue weighted by molar-refractivity contribution is 5.76. The number of nitrogen functional groups attached to an aromatic ring is 1. The Morgan fingerprint density at radius 2 is 2.20 bits per heavy atom. The SMILES string of the molecule is CCOc1ccccc1-c1[nH]ncc1N. The maximum Gasteiger partial charge on any atom is 0.128 e. The smallest absolute Gasteiger partial charge is 0.128 e. The van der Waals surface area contributed by atoms with E-state index in [0.29, 0.717) is 12.3 Å². The number of rotatable bonds is 3. The molecule has 0 atom stereocenters. The van der Waals surface area contributed by atoms with Crippen LogP contribution in [0, 0.1) is 0 Å². The second-order valence-corrected chi connectivity index (χ2v) is 3.13. The van der Waals surface area contributed by atoms with Crippen molar-refractivity contribution >= 4 is 5.69 Å². The van der Waals surface area contributed by atoms with E-state index in [1.165, 1.54) is 0 Å². The molecule has 1 aromatic heterocycles. The number of anilines is 1. The molecule has 1 aromatic carbocycles. The highest BCUT2D eigenvalue weighted by atomic mass is 16.5. The van der Waals surface area contributed by atoms with Crippen LogP contribution in [0.5, 0.6) is 5.75 Å². The molecule has 0 fully saturated rings. The van der Waals surface area contributed by atoms with Gasteiger partial charge in [-0.15, -0.1) is 0 Å². The second kappa shape index (κ2) is 4.04. The molecule has 0 aliphatic heterocycles. The van der Waals surface area contributed by atoms with Gasteiger partial charge in [-0.2, -0.15) is 5.10 Å². The molecule has 0 saturated carbocycles. The molecule has 0 spiro atoms. The zero-order valence-electron chi connectivity index (χ0n) is 8.53. The number of para-hydroxylation sites is 1. The first-order valence-electron chi connectivity index (χ1n) is 4.84. The molecule has 1 heterocycles. The van der Waals surface area contributed by atoms with Crippen LogP contribution in [-0.2, 0) is 0 Å². The molecule has 4 heteroatoms. The highest BCUT2D eigenvalue weighted by Gasteiger charge is 2.09. The van der Waals surface area contributed by atoms with E-state index < -0.39 is 0 Å². The van der Waals surface area contributed by atoms with Crippen LogP contribution in [-0.4, -0.2) is 16.8 Å². The lowest BCUT2D eigenvalue weighted by Crippen LogP contribution is -1.95. The van der Waals surface area contributed by atoms with Crippen molar-refractivity contribution in [3.63, 3.8) is 0 Å². The Kier molecular flexibility index (Phi) is 2.58.